The summed E-state index contributed by atoms with van der Waals surface area (Å²) in [5.74, 6) is -1.40. The molecule has 1 aromatic carbocycles. The highest BCUT2D eigenvalue weighted by molar-refractivity contribution is 6.11. The van der Waals surface area contributed by atoms with Crippen LogP contribution in [0.2, 0.25) is 0 Å². The van der Waals surface area contributed by atoms with Gasteiger partial charge in [-0.05, 0) is 11.6 Å². The Morgan fingerprint density at radius 1 is 1.04 bits per heavy atom. The van der Waals surface area contributed by atoms with E-state index in [1.807, 2.05) is 6.07 Å². The van der Waals surface area contributed by atoms with Crippen molar-refractivity contribution in [3.8, 4) is 0 Å². The molecule has 1 fully saturated rings. The van der Waals surface area contributed by atoms with Crippen LogP contribution in [0.25, 0.3) is 6.08 Å². The number of nitrogens with one attached hydrogen (secondary N) is 1. The number of carbonyl (C=O) groups excluding carboxylic acids is 4. The standard InChI is InChI=1S/C19H23N3O4/c1-13(23)20-15(12-14-8-6-5-7-9-14)16(24)21-10-11-22(18(21)26)17(25)19(2,3)4/h5-9,12H,10-11H2,1-4H3,(H,20,23)/b15-12-. The van der Waals surface area contributed by atoms with Gasteiger partial charge in [0.05, 0.1) is 0 Å². The van der Waals surface area contributed by atoms with Crippen LogP contribution in [-0.4, -0.2) is 46.6 Å². The van der Waals surface area contributed by atoms with E-state index in [1.54, 1.807) is 45.0 Å². The summed E-state index contributed by atoms with van der Waals surface area (Å²) in [4.78, 5) is 51.2. The monoisotopic (exact) mass is 357 g/mol. The zero-order valence-corrected chi connectivity index (χ0v) is 15.4. The van der Waals surface area contributed by atoms with Crippen LogP contribution in [0.5, 0.6) is 0 Å². The molecular formula is C19H23N3O4. The fraction of sp³-hybridized carbons (Fsp3) is 0.368. The molecule has 5 amide bonds. The molecule has 0 spiro atoms. The van der Waals surface area contributed by atoms with Crippen LogP contribution < -0.4 is 5.32 Å². The number of nitrogens with zero attached hydrogens (tertiary/aromatic N) is 2. The lowest BCUT2D eigenvalue weighted by Gasteiger charge is -2.24. The Labute approximate surface area is 152 Å². The highest BCUT2D eigenvalue weighted by Crippen LogP contribution is 2.22. The molecule has 7 nitrogen and oxygen atoms in total. The van der Waals surface area contributed by atoms with Gasteiger partial charge in [-0.1, -0.05) is 51.1 Å². The Balaban J connectivity index is 2.27. The zero-order valence-electron chi connectivity index (χ0n) is 15.4. The summed E-state index contributed by atoms with van der Waals surface area (Å²) < 4.78 is 0. The first kappa shape index (κ1) is 19.4. The van der Waals surface area contributed by atoms with E-state index in [1.165, 1.54) is 13.0 Å². The van der Waals surface area contributed by atoms with Crippen molar-refractivity contribution in [3.63, 3.8) is 0 Å². The van der Waals surface area contributed by atoms with Crippen LogP contribution in [0.3, 0.4) is 0 Å². The molecule has 138 valence electrons. The van der Waals surface area contributed by atoms with E-state index in [9.17, 15) is 19.2 Å². The molecule has 1 aliphatic rings. The van der Waals surface area contributed by atoms with Crippen molar-refractivity contribution in [2.24, 2.45) is 5.41 Å². The summed E-state index contributed by atoms with van der Waals surface area (Å²) >= 11 is 0. The third-order valence-corrected chi connectivity index (χ3v) is 3.79. The van der Waals surface area contributed by atoms with Gasteiger partial charge < -0.3 is 5.32 Å². The highest BCUT2D eigenvalue weighted by atomic mass is 16.2. The Morgan fingerprint density at radius 2 is 1.62 bits per heavy atom. The van der Waals surface area contributed by atoms with Crippen molar-refractivity contribution in [1.82, 2.24) is 15.1 Å². The van der Waals surface area contributed by atoms with Crippen molar-refractivity contribution >= 4 is 29.8 Å². The Morgan fingerprint density at radius 3 is 2.15 bits per heavy atom. The number of hydrogen-bond acceptors (Lipinski definition) is 4. The SMILES string of the molecule is CC(=O)N/C(=C\c1ccccc1)C(=O)N1CCN(C(=O)C(C)(C)C)C1=O. The molecule has 0 bridgehead atoms. The molecule has 0 aliphatic carbocycles. The predicted molar refractivity (Wildman–Crippen MR) is 96.5 cm³/mol. The van der Waals surface area contributed by atoms with Gasteiger partial charge in [-0.15, -0.1) is 0 Å². The van der Waals surface area contributed by atoms with Crippen LogP contribution in [0.1, 0.15) is 33.3 Å². The number of urea groups is 1. The molecule has 0 unspecified atom stereocenters. The summed E-state index contributed by atoms with van der Waals surface area (Å²) in [6, 6.07) is 8.31. The summed E-state index contributed by atoms with van der Waals surface area (Å²) in [5, 5.41) is 2.48. The van der Waals surface area contributed by atoms with Gasteiger partial charge in [0.25, 0.3) is 5.91 Å². The molecule has 0 atom stereocenters. The first-order valence-electron chi connectivity index (χ1n) is 8.33. The van der Waals surface area contributed by atoms with Gasteiger partial charge in [-0.2, -0.15) is 0 Å². The number of rotatable bonds is 3. The number of benzene rings is 1. The minimum absolute atomic E-state index is 0.0119. The quantitative estimate of drug-likeness (QED) is 0.838. The van der Waals surface area contributed by atoms with Gasteiger partial charge in [0.2, 0.25) is 11.8 Å². The van der Waals surface area contributed by atoms with Gasteiger partial charge >= 0.3 is 6.03 Å². The third kappa shape index (κ3) is 4.36. The largest absolute Gasteiger partial charge is 0.333 e. The lowest BCUT2D eigenvalue weighted by atomic mass is 9.95. The van der Waals surface area contributed by atoms with Crippen LogP contribution in [0, 0.1) is 5.41 Å². The van der Waals surface area contributed by atoms with Gasteiger partial charge in [0, 0.05) is 25.4 Å². The molecule has 1 aliphatic heterocycles. The maximum absolute atomic E-state index is 12.8. The fourth-order valence-electron chi connectivity index (χ4n) is 2.52. The van der Waals surface area contributed by atoms with Gasteiger partial charge in [0.1, 0.15) is 5.70 Å². The normalized spacial score (nSPS) is 15.2. The lowest BCUT2D eigenvalue weighted by molar-refractivity contribution is -0.135. The van der Waals surface area contributed by atoms with Crippen LogP contribution >= 0.6 is 0 Å². The second kappa shape index (κ2) is 7.51. The second-order valence-corrected chi connectivity index (χ2v) is 7.10. The second-order valence-electron chi connectivity index (χ2n) is 7.10. The lowest BCUT2D eigenvalue weighted by Crippen LogP contribution is -2.45. The number of carbonyl (C=O) groups is 4. The van der Waals surface area contributed by atoms with E-state index < -0.39 is 23.3 Å². The Bertz CT molecular complexity index is 763. The summed E-state index contributed by atoms with van der Waals surface area (Å²) in [5.41, 5.74) is -0.0318. The number of imide groups is 2. The topological polar surface area (TPSA) is 86.8 Å². The molecule has 26 heavy (non-hydrogen) atoms. The van der Waals surface area contributed by atoms with Crippen LogP contribution in [0.4, 0.5) is 4.79 Å². The molecule has 7 heteroatoms. The van der Waals surface area contributed by atoms with Gasteiger partial charge in [-0.25, -0.2) is 4.79 Å². The molecule has 1 N–H and O–H groups in total. The van der Waals surface area contributed by atoms with Crippen LogP contribution in [-0.2, 0) is 14.4 Å². The Kier molecular flexibility index (Phi) is 5.59. The highest BCUT2D eigenvalue weighted by Gasteiger charge is 2.41. The summed E-state index contributed by atoms with van der Waals surface area (Å²) in [6.07, 6.45) is 1.51. The van der Waals surface area contributed by atoms with E-state index >= 15 is 0 Å². The minimum atomic E-state index is -0.727. The van der Waals surface area contributed by atoms with Crippen molar-refractivity contribution < 1.29 is 19.2 Å². The van der Waals surface area contributed by atoms with Crippen molar-refractivity contribution in [1.29, 1.82) is 0 Å². The first-order chi connectivity index (χ1) is 12.1. The average molecular weight is 357 g/mol. The number of hydrogen-bond donors (Lipinski definition) is 1. The predicted octanol–water partition coefficient (Wildman–Crippen LogP) is 2.00. The molecule has 0 aromatic heterocycles. The maximum atomic E-state index is 12.8. The maximum Gasteiger partial charge on any atom is 0.333 e. The molecule has 1 aromatic rings. The first-order valence-corrected chi connectivity index (χ1v) is 8.33. The van der Waals surface area contributed by atoms with E-state index in [-0.39, 0.29) is 24.7 Å². The molecular weight excluding hydrogens is 334 g/mol. The zero-order chi connectivity index (χ0) is 19.5. The van der Waals surface area contributed by atoms with Gasteiger partial charge in [-0.3, -0.25) is 24.2 Å². The fourth-order valence-corrected chi connectivity index (χ4v) is 2.52. The summed E-state index contributed by atoms with van der Waals surface area (Å²) in [6.45, 7) is 6.65. The van der Waals surface area contributed by atoms with Gasteiger partial charge in [0.15, 0.2) is 0 Å². The Hall–Kier alpha value is -2.96. The van der Waals surface area contributed by atoms with E-state index in [0.717, 1.165) is 9.80 Å². The van der Waals surface area contributed by atoms with Crippen molar-refractivity contribution in [3.05, 3.63) is 41.6 Å². The smallest absolute Gasteiger partial charge is 0.322 e. The summed E-state index contributed by atoms with van der Waals surface area (Å²) in [7, 11) is 0. The number of amides is 5. The molecule has 1 heterocycles. The van der Waals surface area contributed by atoms with Crippen molar-refractivity contribution in [2.45, 2.75) is 27.7 Å². The average Bonchev–Trinajstić information content (AvgIpc) is 2.94. The van der Waals surface area contributed by atoms with E-state index in [2.05, 4.69) is 5.32 Å². The van der Waals surface area contributed by atoms with E-state index in [0.29, 0.717) is 5.56 Å². The molecule has 0 radical (unpaired) electrons. The molecule has 0 saturated carbocycles. The third-order valence-electron chi connectivity index (χ3n) is 3.79. The van der Waals surface area contributed by atoms with Crippen LogP contribution in [0.15, 0.2) is 36.0 Å². The molecule has 2 rings (SSSR count). The van der Waals surface area contributed by atoms with E-state index in [4.69, 9.17) is 0 Å². The molecule has 1 saturated heterocycles. The van der Waals surface area contributed by atoms with Crippen molar-refractivity contribution in [2.75, 3.05) is 13.1 Å². The minimum Gasteiger partial charge on any atom is -0.322 e.